The van der Waals surface area contributed by atoms with Crippen LogP contribution in [-0.2, 0) is 0 Å². The Bertz CT molecular complexity index is 477. The third-order valence-corrected chi connectivity index (χ3v) is 1.48. The van der Waals surface area contributed by atoms with Crippen LogP contribution in [0.5, 0.6) is 0 Å². The van der Waals surface area contributed by atoms with Crippen LogP contribution in [0.2, 0.25) is 0 Å². The Morgan fingerprint density at radius 2 is 1.92 bits per heavy atom. The molecule has 0 aliphatic rings. The molecule has 2 aromatic heterocycles. The summed E-state index contributed by atoms with van der Waals surface area (Å²) in [5.74, 6) is 0. The predicted molar refractivity (Wildman–Crippen MR) is 41.2 cm³/mol. The number of hydrogen-bond donors (Lipinski definition) is 0. The van der Waals surface area contributed by atoms with Gasteiger partial charge in [-0.15, -0.1) is 4.63 Å². The Hall–Kier alpha value is -1.91. The van der Waals surface area contributed by atoms with Gasteiger partial charge < -0.3 is 0 Å². The fraction of sp³-hybridized carbons (Fsp3) is 0. The van der Waals surface area contributed by atoms with Gasteiger partial charge in [0.25, 0.3) is 11.1 Å². The lowest BCUT2D eigenvalue weighted by Gasteiger charge is -1.96. The maximum Gasteiger partial charge on any atom is 0.286 e. The molecule has 2 rings (SSSR count). The summed E-state index contributed by atoms with van der Waals surface area (Å²) in [6.07, 6.45) is 2.93. The summed E-state index contributed by atoms with van der Waals surface area (Å²) in [7, 11) is 0. The van der Waals surface area contributed by atoms with Crippen LogP contribution in [0.4, 0.5) is 0 Å². The molecule has 5 heteroatoms. The van der Waals surface area contributed by atoms with E-state index in [9.17, 15) is 9.59 Å². The summed E-state index contributed by atoms with van der Waals surface area (Å²) >= 11 is 0. The van der Waals surface area contributed by atoms with Gasteiger partial charge >= 0.3 is 0 Å². The number of rotatable bonds is 0. The highest BCUT2D eigenvalue weighted by atomic mass is 16.2. The molecule has 0 spiro atoms. The van der Waals surface area contributed by atoms with Crippen molar-refractivity contribution in [3.63, 3.8) is 0 Å². The monoisotopic (exact) mass is 163 g/mol. The molecule has 0 fully saturated rings. The topological polar surface area (TPSA) is 55.8 Å². The molecule has 60 valence electrons. The van der Waals surface area contributed by atoms with Gasteiger partial charge in [0.2, 0.25) is 0 Å². The van der Waals surface area contributed by atoms with E-state index in [1.807, 2.05) is 0 Å². The average molecular weight is 163 g/mol. The molecule has 5 nitrogen and oxygen atoms in total. The molecule has 0 aliphatic heterocycles. The molecule has 0 bridgehead atoms. The first-order valence-corrected chi connectivity index (χ1v) is 3.35. The van der Waals surface area contributed by atoms with Crippen molar-refractivity contribution in [1.82, 2.24) is 14.2 Å². The van der Waals surface area contributed by atoms with Crippen LogP contribution in [0.25, 0.3) is 0 Å². The molecule has 0 unspecified atom stereocenters. The van der Waals surface area contributed by atoms with Crippen molar-refractivity contribution in [2.24, 2.45) is 0 Å². The van der Waals surface area contributed by atoms with Crippen molar-refractivity contribution in [3.8, 4) is 0 Å². The second-order valence-electron chi connectivity index (χ2n) is 2.25. The van der Waals surface area contributed by atoms with Crippen LogP contribution >= 0.6 is 0 Å². The maximum atomic E-state index is 11.1. The zero-order valence-corrected chi connectivity index (χ0v) is 6.04. The van der Waals surface area contributed by atoms with Crippen molar-refractivity contribution in [2.75, 3.05) is 0 Å². The molecule has 0 aliphatic carbocycles. The summed E-state index contributed by atoms with van der Waals surface area (Å²) in [6.45, 7) is 0. The summed E-state index contributed by atoms with van der Waals surface area (Å²) in [5.41, 5.74) is -0.599. The third kappa shape index (κ3) is 0.833. The molecule has 0 atom stereocenters. The van der Waals surface area contributed by atoms with Crippen LogP contribution in [0, 0.1) is 0 Å². The average Bonchev–Trinajstić information content (AvgIpc) is 2.12. The standard InChI is InChI=1S/C7H5N3O2/c11-6-2-3-7(12)10-8-4-1-5-9(6)10/h1-5H. The first-order chi connectivity index (χ1) is 5.79. The first kappa shape index (κ1) is 6.78. The SMILES string of the molecule is O=c1ccc(=O)n2ncccn12. The van der Waals surface area contributed by atoms with Gasteiger partial charge in [-0.3, -0.25) is 9.59 Å². The molecule has 0 saturated heterocycles. The summed E-state index contributed by atoms with van der Waals surface area (Å²) in [5, 5.41) is 3.71. The lowest BCUT2D eigenvalue weighted by atomic mass is 10.5. The van der Waals surface area contributed by atoms with Gasteiger partial charge in [-0.2, -0.15) is 5.10 Å². The molecule has 0 amide bonds. The van der Waals surface area contributed by atoms with E-state index in [0.717, 1.165) is 9.15 Å². The van der Waals surface area contributed by atoms with Gasteiger partial charge in [-0.25, -0.2) is 4.52 Å². The number of fused-ring (bicyclic) bond motifs is 1. The van der Waals surface area contributed by atoms with Gasteiger partial charge in [-0.1, -0.05) is 0 Å². The van der Waals surface area contributed by atoms with Crippen molar-refractivity contribution in [1.29, 1.82) is 0 Å². The molecular formula is C7H5N3O2. The Labute approximate surface area is 66.5 Å². The normalized spacial score (nSPS) is 10.3. The van der Waals surface area contributed by atoms with Crippen LogP contribution in [0.3, 0.4) is 0 Å². The van der Waals surface area contributed by atoms with E-state index in [-0.39, 0.29) is 11.1 Å². The van der Waals surface area contributed by atoms with Gasteiger partial charge in [0, 0.05) is 18.3 Å². The van der Waals surface area contributed by atoms with E-state index in [4.69, 9.17) is 0 Å². The van der Waals surface area contributed by atoms with Gasteiger partial charge in [0.15, 0.2) is 0 Å². The third-order valence-electron chi connectivity index (χ3n) is 1.48. The minimum atomic E-state index is -0.324. The molecule has 0 aromatic carbocycles. The molecule has 0 N–H and O–H groups in total. The minimum Gasteiger partial charge on any atom is -0.267 e. The van der Waals surface area contributed by atoms with Gasteiger partial charge in [-0.05, 0) is 6.07 Å². The van der Waals surface area contributed by atoms with Crippen molar-refractivity contribution in [2.45, 2.75) is 0 Å². The Morgan fingerprint density at radius 1 is 1.17 bits per heavy atom. The van der Waals surface area contributed by atoms with Crippen LogP contribution in [-0.4, -0.2) is 14.2 Å². The molecule has 2 heterocycles. The van der Waals surface area contributed by atoms with E-state index in [0.29, 0.717) is 0 Å². The number of aromatic nitrogens is 3. The lowest BCUT2D eigenvalue weighted by Crippen LogP contribution is -2.29. The second kappa shape index (κ2) is 2.30. The Balaban J connectivity index is 3.16. The highest BCUT2D eigenvalue weighted by Gasteiger charge is 1.94. The highest BCUT2D eigenvalue weighted by Crippen LogP contribution is 1.74. The summed E-state index contributed by atoms with van der Waals surface area (Å²) < 4.78 is 2.14. The fourth-order valence-corrected chi connectivity index (χ4v) is 0.956. The van der Waals surface area contributed by atoms with Crippen molar-refractivity contribution in [3.05, 3.63) is 51.3 Å². The largest absolute Gasteiger partial charge is 0.286 e. The smallest absolute Gasteiger partial charge is 0.267 e. The number of nitrogens with zero attached hydrogens (tertiary/aromatic N) is 3. The van der Waals surface area contributed by atoms with Crippen LogP contribution < -0.4 is 11.1 Å². The molecule has 2 aromatic rings. The Kier molecular flexibility index (Phi) is 1.30. The van der Waals surface area contributed by atoms with E-state index in [1.165, 1.54) is 24.5 Å². The molecule has 0 saturated carbocycles. The van der Waals surface area contributed by atoms with Gasteiger partial charge in [0.1, 0.15) is 0 Å². The first-order valence-electron chi connectivity index (χ1n) is 3.35. The summed E-state index contributed by atoms with van der Waals surface area (Å²) in [4.78, 5) is 22.2. The van der Waals surface area contributed by atoms with E-state index in [1.54, 1.807) is 6.07 Å². The highest BCUT2D eigenvalue weighted by molar-refractivity contribution is 4.90. The van der Waals surface area contributed by atoms with E-state index < -0.39 is 0 Å². The van der Waals surface area contributed by atoms with E-state index in [2.05, 4.69) is 5.10 Å². The summed E-state index contributed by atoms with van der Waals surface area (Å²) in [6, 6.07) is 3.99. The maximum absolute atomic E-state index is 11.1. The van der Waals surface area contributed by atoms with Gasteiger partial charge in [0.05, 0.1) is 6.20 Å². The minimum absolute atomic E-state index is 0.275. The van der Waals surface area contributed by atoms with Crippen LogP contribution in [0.1, 0.15) is 0 Å². The van der Waals surface area contributed by atoms with Crippen molar-refractivity contribution >= 4 is 0 Å². The molecule has 12 heavy (non-hydrogen) atoms. The zero-order valence-electron chi connectivity index (χ0n) is 6.04. The second-order valence-corrected chi connectivity index (χ2v) is 2.25. The van der Waals surface area contributed by atoms with Crippen LogP contribution in [0.15, 0.2) is 40.2 Å². The molecular weight excluding hydrogens is 158 g/mol. The zero-order chi connectivity index (χ0) is 8.55. The fourth-order valence-electron chi connectivity index (χ4n) is 0.956. The Morgan fingerprint density at radius 3 is 2.67 bits per heavy atom. The quantitative estimate of drug-likeness (QED) is 0.508. The predicted octanol–water partition coefficient (Wildman–Crippen LogP) is -0.846. The molecule has 0 radical (unpaired) electrons. The van der Waals surface area contributed by atoms with E-state index >= 15 is 0 Å². The lowest BCUT2D eigenvalue weighted by molar-refractivity contribution is 0.629. The van der Waals surface area contributed by atoms with Crippen molar-refractivity contribution < 1.29 is 0 Å². The number of hydrogen-bond acceptors (Lipinski definition) is 3.